The molecule has 0 amide bonds. The van der Waals surface area contributed by atoms with Gasteiger partial charge >= 0.3 is 0 Å². The normalized spacial score (nSPS) is 11.2. The van der Waals surface area contributed by atoms with Crippen LogP contribution < -0.4 is 10.0 Å². The van der Waals surface area contributed by atoms with Crippen LogP contribution in [0.3, 0.4) is 0 Å². The lowest BCUT2D eigenvalue weighted by atomic mass is 10.2. The minimum absolute atomic E-state index is 0.129. The molecular formula is C14H16BrN3O2S. The van der Waals surface area contributed by atoms with Gasteiger partial charge in [-0.1, -0.05) is 15.9 Å². The topological polar surface area (TPSA) is 71.1 Å². The number of anilines is 2. The van der Waals surface area contributed by atoms with Crippen LogP contribution >= 0.6 is 15.9 Å². The second-order valence-electron chi connectivity index (χ2n) is 4.52. The molecule has 5 nitrogen and oxygen atoms in total. The fraction of sp³-hybridized carbons (Fsp3) is 0.214. The molecule has 0 aliphatic rings. The molecule has 7 heteroatoms. The van der Waals surface area contributed by atoms with E-state index in [0.29, 0.717) is 17.9 Å². The molecule has 0 saturated carbocycles. The predicted molar refractivity (Wildman–Crippen MR) is 88.1 cm³/mol. The zero-order chi connectivity index (χ0) is 15.5. The van der Waals surface area contributed by atoms with Crippen LogP contribution in [-0.4, -0.2) is 19.9 Å². The van der Waals surface area contributed by atoms with E-state index in [1.807, 2.05) is 19.9 Å². The van der Waals surface area contributed by atoms with E-state index in [0.717, 1.165) is 10.0 Å². The Morgan fingerprint density at radius 1 is 1.29 bits per heavy atom. The van der Waals surface area contributed by atoms with Crippen LogP contribution in [0.4, 0.5) is 11.4 Å². The molecule has 0 saturated heterocycles. The van der Waals surface area contributed by atoms with E-state index in [2.05, 4.69) is 31.0 Å². The molecule has 21 heavy (non-hydrogen) atoms. The fourth-order valence-electron chi connectivity index (χ4n) is 1.94. The molecule has 0 aliphatic heterocycles. The summed E-state index contributed by atoms with van der Waals surface area (Å²) in [7, 11) is -3.70. The first kappa shape index (κ1) is 15.8. The first-order chi connectivity index (χ1) is 9.92. The zero-order valence-electron chi connectivity index (χ0n) is 11.7. The van der Waals surface area contributed by atoms with Crippen LogP contribution in [-0.2, 0) is 10.0 Å². The van der Waals surface area contributed by atoms with Gasteiger partial charge in [-0.15, -0.1) is 0 Å². The van der Waals surface area contributed by atoms with Crippen molar-refractivity contribution in [3.05, 3.63) is 46.7 Å². The molecular weight excluding hydrogens is 354 g/mol. The summed E-state index contributed by atoms with van der Waals surface area (Å²) in [6.07, 6.45) is 2.89. The number of hydrogen-bond acceptors (Lipinski definition) is 4. The van der Waals surface area contributed by atoms with Crippen molar-refractivity contribution in [2.45, 2.75) is 18.7 Å². The van der Waals surface area contributed by atoms with Gasteiger partial charge < -0.3 is 5.32 Å². The third-order valence-electron chi connectivity index (χ3n) is 2.74. The number of rotatable bonds is 5. The van der Waals surface area contributed by atoms with Crippen molar-refractivity contribution in [1.82, 2.24) is 4.98 Å². The lowest BCUT2D eigenvalue weighted by molar-refractivity contribution is 0.601. The average Bonchev–Trinajstić information content (AvgIpc) is 2.37. The van der Waals surface area contributed by atoms with E-state index in [4.69, 9.17) is 0 Å². The summed E-state index contributed by atoms with van der Waals surface area (Å²) in [6, 6.07) is 7.04. The molecule has 1 heterocycles. The van der Waals surface area contributed by atoms with Crippen molar-refractivity contribution in [2.24, 2.45) is 0 Å². The molecule has 2 N–H and O–H groups in total. The van der Waals surface area contributed by atoms with Crippen LogP contribution in [0.1, 0.15) is 12.5 Å². The average molecular weight is 370 g/mol. The molecule has 2 rings (SSSR count). The van der Waals surface area contributed by atoms with Crippen molar-refractivity contribution in [2.75, 3.05) is 16.6 Å². The van der Waals surface area contributed by atoms with Crippen LogP contribution in [0, 0.1) is 6.92 Å². The molecule has 0 fully saturated rings. The molecule has 112 valence electrons. The SMILES string of the molecule is CCNc1ccncc1S(=O)(=O)Nc1cc(C)cc(Br)c1. The maximum absolute atomic E-state index is 12.5. The molecule has 1 aromatic carbocycles. The van der Waals surface area contributed by atoms with Gasteiger partial charge in [0.25, 0.3) is 10.0 Å². The summed E-state index contributed by atoms with van der Waals surface area (Å²) in [5.74, 6) is 0. The summed E-state index contributed by atoms with van der Waals surface area (Å²) in [5.41, 5.74) is 2.00. The number of hydrogen-bond donors (Lipinski definition) is 2. The van der Waals surface area contributed by atoms with Gasteiger partial charge in [-0.05, 0) is 43.7 Å². The van der Waals surface area contributed by atoms with Gasteiger partial charge in [-0.2, -0.15) is 0 Å². The van der Waals surface area contributed by atoms with Crippen LogP contribution in [0.2, 0.25) is 0 Å². The zero-order valence-corrected chi connectivity index (χ0v) is 14.1. The minimum atomic E-state index is -3.70. The summed E-state index contributed by atoms with van der Waals surface area (Å²) in [5, 5.41) is 3.02. The largest absolute Gasteiger partial charge is 0.384 e. The number of halogens is 1. The third kappa shape index (κ3) is 3.95. The highest BCUT2D eigenvalue weighted by atomic mass is 79.9. The van der Waals surface area contributed by atoms with Crippen molar-refractivity contribution in [1.29, 1.82) is 0 Å². The van der Waals surface area contributed by atoms with E-state index in [1.54, 1.807) is 24.4 Å². The lowest BCUT2D eigenvalue weighted by Gasteiger charge is -2.13. The summed E-state index contributed by atoms with van der Waals surface area (Å²) >= 11 is 3.36. The predicted octanol–water partition coefficient (Wildman–Crippen LogP) is 3.39. The standard InChI is InChI=1S/C14H16BrN3O2S/c1-3-17-13-4-5-16-9-14(13)21(19,20)18-12-7-10(2)6-11(15)8-12/h4-9,18H,3H2,1-2H3,(H,16,17). The van der Waals surface area contributed by atoms with Gasteiger partial charge in [0.1, 0.15) is 4.90 Å². The maximum Gasteiger partial charge on any atom is 0.265 e. The number of nitrogens with one attached hydrogen (secondary N) is 2. The van der Waals surface area contributed by atoms with E-state index in [-0.39, 0.29) is 4.90 Å². The molecule has 0 radical (unpaired) electrons. The van der Waals surface area contributed by atoms with E-state index < -0.39 is 10.0 Å². The minimum Gasteiger partial charge on any atom is -0.384 e. The first-order valence-corrected chi connectivity index (χ1v) is 8.68. The second-order valence-corrected chi connectivity index (χ2v) is 7.09. The molecule has 0 unspecified atom stereocenters. The molecule has 1 aromatic heterocycles. The Morgan fingerprint density at radius 3 is 2.71 bits per heavy atom. The monoisotopic (exact) mass is 369 g/mol. The van der Waals surface area contributed by atoms with Gasteiger partial charge in [0.15, 0.2) is 0 Å². The van der Waals surface area contributed by atoms with Gasteiger partial charge in [0.2, 0.25) is 0 Å². The van der Waals surface area contributed by atoms with Gasteiger partial charge in [-0.3, -0.25) is 9.71 Å². The Balaban J connectivity index is 2.38. The van der Waals surface area contributed by atoms with Gasteiger partial charge in [0.05, 0.1) is 11.4 Å². The number of pyridine rings is 1. The van der Waals surface area contributed by atoms with Crippen molar-refractivity contribution >= 4 is 37.3 Å². The molecule has 0 atom stereocenters. The Morgan fingerprint density at radius 2 is 2.05 bits per heavy atom. The molecule has 0 bridgehead atoms. The maximum atomic E-state index is 12.5. The van der Waals surface area contributed by atoms with E-state index in [9.17, 15) is 8.42 Å². The Kier molecular flexibility index (Phi) is 4.84. The van der Waals surface area contributed by atoms with Crippen molar-refractivity contribution in [3.63, 3.8) is 0 Å². The van der Waals surface area contributed by atoms with Crippen molar-refractivity contribution < 1.29 is 8.42 Å². The number of aryl methyl sites for hydroxylation is 1. The Hall–Kier alpha value is -1.60. The highest BCUT2D eigenvalue weighted by molar-refractivity contribution is 9.10. The van der Waals surface area contributed by atoms with Crippen LogP contribution in [0.25, 0.3) is 0 Å². The van der Waals surface area contributed by atoms with Crippen LogP contribution in [0.15, 0.2) is 46.0 Å². The smallest absolute Gasteiger partial charge is 0.265 e. The molecule has 2 aromatic rings. The summed E-state index contributed by atoms with van der Waals surface area (Å²) < 4.78 is 28.4. The quantitative estimate of drug-likeness (QED) is 0.847. The van der Waals surface area contributed by atoms with E-state index >= 15 is 0 Å². The number of sulfonamides is 1. The number of benzene rings is 1. The van der Waals surface area contributed by atoms with E-state index in [1.165, 1.54) is 6.20 Å². The van der Waals surface area contributed by atoms with Crippen molar-refractivity contribution in [3.8, 4) is 0 Å². The number of nitrogens with zero attached hydrogens (tertiary/aromatic N) is 1. The summed E-state index contributed by atoms with van der Waals surface area (Å²) in [4.78, 5) is 4.03. The molecule has 0 spiro atoms. The number of aromatic nitrogens is 1. The Labute approximate surface area is 133 Å². The molecule has 0 aliphatic carbocycles. The Bertz CT molecular complexity index is 727. The fourth-order valence-corrected chi connectivity index (χ4v) is 3.71. The van der Waals surface area contributed by atoms with Gasteiger partial charge in [0, 0.05) is 23.4 Å². The second kappa shape index (κ2) is 6.44. The highest BCUT2D eigenvalue weighted by Gasteiger charge is 2.19. The lowest BCUT2D eigenvalue weighted by Crippen LogP contribution is -2.15. The van der Waals surface area contributed by atoms with Gasteiger partial charge in [-0.25, -0.2) is 8.42 Å². The first-order valence-electron chi connectivity index (χ1n) is 6.40. The third-order valence-corrected chi connectivity index (χ3v) is 4.60. The van der Waals surface area contributed by atoms with Crippen LogP contribution in [0.5, 0.6) is 0 Å². The highest BCUT2D eigenvalue weighted by Crippen LogP contribution is 2.25. The summed E-state index contributed by atoms with van der Waals surface area (Å²) in [6.45, 7) is 4.43.